The van der Waals surface area contributed by atoms with Gasteiger partial charge in [0, 0.05) is 6.04 Å². The summed E-state index contributed by atoms with van der Waals surface area (Å²) in [6.07, 6.45) is 1.78. The molecule has 1 aliphatic heterocycles. The third kappa shape index (κ3) is 3.36. The number of benzene rings is 1. The molecule has 1 aliphatic carbocycles. The number of ether oxygens (including phenoxy) is 1. The zero-order valence-electron chi connectivity index (χ0n) is 13.3. The predicted molar refractivity (Wildman–Crippen MR) is 82.8 cm³/mol. The molecule has 1 atom stereocenters. The minimum Gasteiger partial charge on any atom is -0.483 e. The smallest absolute Gasteiger partial charge is 0.261 e. The van der Waals surface area contributed by atoms with Gasteiger partial charge >= 0.3 is 0 Å². The number of hydrogen-bond donors (Lipinski definition) is 1. The van der Waals surface area contributed by atoms with Crippen molar-refractivity contribution in [2.75, 3.05) is 6.61 Å². The maximum absolute atomic E-state index is 12.5. The molecule has 0 bridgehead atoms. The first-order valence-electron chi connectivity index (χ1n) is 7.80. The van der Waals surface area contributed by atoms with Gasteiger partial charge in [-0.3, -0.25) is 19.7 Å². The summed E-state index contributed by atoms with van der Waals surface area (Å²) in [5.74, 6) is -0.291. The summed E-state index contributed by atoms with van der Waals surface area (Å²) in [4.78, 5) is 37.3. The molecule has 1 aromatic carbocycles. The third-order valence-electron chi connectivity index (χ3n) is 4.20. The van der Waals surface area contributed by atoms with Crippen LogP contribution in [0.25, 0.3) is 0 Å². The first kappa shape index (κ1) is 15.5. The van der Waals surface area contributed by atoms with Gasteiger partial charge in [0.2, 0.25) is 11.8 Å². The molecule has 1 heterocycles. The lowest BCUT2D eigenvalue weighted by Crippen LogP contribution is -2.47. The molecule has 0 aromatic heterocycles. The maximum atomic E-state index is 12.5. The number of carbonyl (C=O) groups excluding carboxylic acids is 3. The van der Waals surface area contributed by atoms with Crippen molar-refractivity contribution in [1.29, 1.82) is 0 Å². The van der Waals surface area contributed by atoms with E-state index in [1.54, 1.807) is 0 Å². The molecule has 6 nitrogen and oxygen atoms in total. The number of amides is 3. The van der Waals surface area contributed by atoms with Gasteiger partial charge in [0.05, 0.1) is 6.42 Å². The SMILES string of the molecule is Cc1ccc(C)c(OCC(=O)N(C2CC2)[C@H]2CC(=O)NC2=O)c1. The van der Waals surface area contributed by atoms with Crippen LogP contribution in [0.2, 0.25) is 0 Å². The molecule has 2 aliphatic rings. The van der Waals surface area contributed by atoms with Crippen molar-refractivity contribution in [3.8, 4) is 5.75 Å². The number of carbonyl (C=O) groups is 3. The Morgan fingerprint density at radius 3 is 2.65 bits per heavy atom. The lowest BCUT2D eigenvalue weighted by Gasteiger charge is -2.26. The van der Waals surface area contributed by atoms with Gasteiger partial charge in [0.1, 0.15) is 11.8 Å². The summed E-state index contributed by atoms with van der Waals surface area (Å²) in [5.41, 5.74) is 2.01. The fourth-order valence-electron chi connectivity index (χ4n) is 2.83. The summed E-state index contributed by atoms with van der Waals surface area (Å²) in [5, 5.41) is 2.26. The molecule has 122 valence electrons. The van der Waals surface area contributed by atoms with E-state index in [4.69, 9.17) is 4.74 Å². The zero-order chi connectivity index (χ0) is 16.6. The highest BCUT2D eigenvalue weighted by molar-refractivity contribution is 6.07. The normalized spacial score (nSPS) is 20.3. The summed E-state index contributed by atoms with van der Waals surface area (Å²) in [6.45, 7) is 3.75. The molecular formula is C17H20N2O4. The second-order valence-corrected chi connectivity index (χ2v) is 6.22. The van der Waals surface area contributed by atoms with E-state index in [-0.39, 0.29) is 36.8 Å². The second-order valence-electron chi connectivity index (χ2n) is 6.22. The van der Waals surface area contributed by atoms with Crippen molar-refractivity contribution in [1.82, 2.24) is 10.2 Å². The number of aryl methyl sites for hydroxylation is 2. The van der Waals surface area contributed by atoms with E-state index < -0.39 is 6.04 Å². The lowest BCUT2D eigenvalue weighted by atomic mass is 10.1. The predicted octanol–water partition coefficient (Wildman–Crippen LogP) is 1.09. The molecule has 0 unspecified atom stereocenters. The topological polar surface area (TPSA) is 75.7 Å². The van der Waals surface area contributed by atoms with Gasteiger partial charge in [-0.1, -0.05) is 12.1 Å². The molecule has 3 amide bonds. The molecule has 6 heteroatoms. The maximum Gasteiger partial charge on any atom is 0.261 e. The minimum absolute atomic E-state index is 0.0462. The van der Waals surface area contributed by atoms with Gasteiger partial charge in [0.25, 0.3) is 5.91 Å². The number of hydrogen-bond acceptors (Lipinski definition) is 4. The Balaban J connectivity index is 1.69. The fraction of sp³-hybridized carbons (Fsp3) is 0.471. The van der Waals surface area contributed by atoms with Gasteiger partial charge in [-0.15, -0.1) is 0 Å². The number of nitrogens with zero attached hydrogens (tertiary/aromatic N) is 1. The van der Waals surface area contributed by atoms with Gasteiger partial charge in [-0.25, -0.2) is 0 Å². The minimum atomic E-state index is -0.690. The molecule has 1 saturated carbocycles. The quantitative estimate of drug-likeness (QED) is 0.825. The van der Waals surface area contributed by atoms with Gasteiger partial charge < -0.3 is 9.64 Å². The molecule has 3 rings (SSSR count). The third-order valence-corrected chi connectivity index (χ3v) is 4.20. The molecule has 0 radical (unpaired) electrons. The van der Waals surface area contributed by atoms with E-state index in [9.17, 15) is 14.4 Å². The summed E-state index contributed by atoms with van der Waals surface area (Å²) in [6, 6.07) is 5.16. The van der Waals surface area contributed by atoms with E-state index in [2.05, 4.69) is 5.32 Å². The average Bonchev–Trinajstić information content (AvgIpc) is 3.26. The fourth-order valence-corrected chi connectivity index (χ4v) is 2.83. The van der Waals surface area contributed by atoms with E-state index in [0.29, 0.717) is 5.75 Å². The molecule has 1 aromatic rings. The van der Waals surface area contributed by atoms with E-state index in [1.165, 1.54) is 4.90 Å². The van der Waals surface area contributed by atoms with E-state index in [0.717, 1.165) is 24.0 Å². The van der Waals surface area contributed by atoms with Crippen molar-refractivity contribution in [3.63, 3.8) is 0 Å². The number of imide groups is 1. The standard InChI is InChI=1S/C17H20N2O4/c1-10-3-4-11(2)14(7-10)23-9-16(21)19(12-5-6-12)13-8-15(20)18-17(13)22/h3-4,7,12-13H,5-6,8-9H2,1-2H3,(H,18,20,22)/t13-/m0/s1. The largest absolute Gasteiger partial charge is 0.483 e. The van der Waals surface area contributed by atoms with Crippen LogP contribution in [0.4, 0.5) is 0 Å². The molecule has 0 spiro atoms. The molecule has 23 heavy (non-hydrogen) atoms. The Kier molecular flexibility index (Phi) is 4.07. The monoisotopic (exact) mass is 316 g/mol. The molecule has 1 N–H and O–H groups in total. The number of rotatable bonds is 5. The van der Waals surface area contributed by atoms with Gasteiger partial charge in [-0.2, -0.15) is 0 Å². The van der Waals surface area contributed by atoms with Crippen LogP contribution in [-0.2, 0) is 14.4 Å². The van der Waals surface area contributed by atoms with Crippen molar-refractivity contribution in [2.45, 2.75) is 45.2 Å². The highest BCUT2D eigenvalue weighted by atomic mass is 16.5. The summed E-state index contributed by atoms with van der Waals surface area (Å²) in [7, 11) is 0. The van der Waals surface area contributed by atoms with Crippen LogP contribution in [0.15, 0.2) is 18.2 Å². The Labute approximate surface area is 134 Å². The molecule has 1 saturated heterocycles. The Hall–Kier alpha value is -2.37. The van der Waals surface area contributed by atoms with Crippen molar-refractivity contribution >= 4 is 17.7 Å². The lowest BCUT2D eigenvalue weighted by molar-refractivity contribution is -0.141. The second kappa shape index (κ2) is 6.02. The van der Waals surface area contributed by atoms with Crippen molar-refractivity contribution < 1.29 is 19.1 Å². The van der Waals surface area contributed by atoms with Crippen molar-refractivity contribution in [2.24, 2.45) is 0 Å². The van der Waals surface area contributed by atoms with Crippen LogP contribution in [-0.4, -0.2) is 41.3 Å². The van der Waals surface area contributed by atoms with Crippen molar-refractivity contribution in [3.05, 3.63) is 29.3 Å². The molecule has 2 fully saturated rings. The van der Waals surface area contributed by atoms with E-state index >= 15 is 0 Å². The Morgan fingerprint density at radius 1 is 1.30 bits per heavy atom. The van der Waals surface area contributed by atoms with Crippen LogP contribution in [0.1, 0.15) is 30.4 Å². The Bertz CT molecular complexity index is 667. The highest BCUT2D eigenvalue weighted by Gasteiger charge is 2.44. The zero-order valence-corrected chi connectivity index (χ0v) is 13.3. The van der Waals surface area contributed by atoms with Crippen LogP contribution >= 0.6 is 0 Å². The van der Waals surface area contributed by atoms with E-state index in [1.807, 2.05) is 32.0 Å². The molecular weight excluding hydrogens is 296 g/mol. The van der Waals surface area contributed by atoms with Gasteiger partial charge in [0.15, 0.2) is 6.61 Å². The summed E-state index contributed by atoms with van der Waals surface area (Å²) < 4.78 is 5.65. The first-order chi connectivity index (χ1) is 11.0. The highest BCUT2D eigenvalue weighted by Crippen LogP contribution is 2.31. The first-order valence-corrected chi connectivity index (χ1v) is 7.80. The number of nitrogens with one attached hydrogen (secondary N) is 1. The van der Waals surface area contributed by atoms with Crippen LogP contribution in [0, 0.1) is 13.8 Å². The Morgan fingerprint density at radius 2 is 2.04 bits per heavy atom. The van der Waals surface area contributed by atoms with Crippen LogP contribution in [0.5, 0.6) is 5.75 Å². The average molecular weight is 316 g/mol. The van der Waals surface area contributed by atoms with Gasteiger partial charge in [-0.05, 0) is 43.9 Å². The summed E-state index contributed by atoms with van der Waals surface area (Å²) >= 11 is 0. The van der Waals surface area contributed by atoms with Crippen LogP contribution < -0.4 is 10.1 Å². The van der Waals surface area contributed by atoms with Crippen LogP contribution in [0.3, 0.4) is 0 Å².